The van der Waals surface area contributed by atoms with E-state index in [0.717, 1.165) is 12.8 Å². The number of thiocarbonyl (C=S) groups is 1. The third-order valence-electron chi connectivity index (χ3n) is 3.29. The zero-order chi connectivity index (χ0) is 13.1. The molecule has 1 fully saturated rings. The fourth-order valence-corrected chi connectivity index (χ4v) is 2.49. The minimum absolute atomic E-state index is 0. The summed E-state index contributed by atoms with van der Waals surface area (Å²) in [4.78, 5) is 24.3. The van der Waals surface area contributed by atoms with Crippen LogP contribution in [0.4, 0.5) is 0 Å². The Labute approximate surface area is 137 Å². The first-order valence-electron chi connectivity index (χ1n) is 5.76. The van der Waals surface area contributed by atoms with Crippen LogP contribution in [-0.4, -0.2) is 16.9 Å². The molecule has 0 aromatic rings. The van der Waals surface area contributed by atoms with Crippen LogP contribution in [0.15, 0.2) is 12.7 Å². The second kappa shape index (κ2) is 7.38. The van der Waals surface area contributed by atoms with Crippen LogP contribution in [-0.2, 0) is 9.59 Å². The molecule has 2 N–H and O–H groups in total. The number of nitrogens with one attached hydrogen (secondary N) is 2. The molecule has 1 atom stereocenters. The van der Waals surface area contributed by atoms with Crippen molar-refractivity contribution in [3.63, 3.8) is 0 Å². The average molecular weight is 278 g/mol. The van der Waals surface area contributed by atoms with Crippen molar-refractivity contribution in [2.24, 2.45) is 11.3 Å². The van der Waals surface area contributed by atoms with Crippen molar-refractivity contribution in [1.29, 1.82) is 0 Å². The molecule has 1 saturated heterocycles. The number of hydrogen-bond acceptors (Lipinski definition) is 3. The summed E-state index contributed by atoms with van der Waals surface area (Å²) in [6.07, 6.45) is 3.67. The average Bonchev–Trinajstić information content (AvgIpc) is 2.23. The molecule has 0 spiro atoms. The van der Waals surface area contributed by atoms with Crippen molar-refractivity contribution in [1.82, 2.24) is 10.6 Å². The van der Waals surface area contributed by atoms with E-state index in [-0.39, 0.29) is 53.8 Å². The second-order valence-corrected chi connectivity index (χ2v) is 4.80. The van der Waals surface area contributed by atoms with E-state index in [9.17, 15) is 9.59 Å². The molecule has 0 radical (unpaired) electrons. The third kappa shape index (κ3) is 3.20. The zero-order valence-corrected chi connectivity index (χ0v) is 14.0. The van der Waals surface area contributed by atoms with E-state index in [2.05, 4.69) is 17.2 Å². The van der Waals surface area contributed by atoms with E-state index in [1.54, 1.807) is 6.08 Å². The molecule has 0 aromatic heterocycles. The van der Waals surface area contributed by atoms with Gasteiger partial charge in [0, 0.05) is 0 Å². The molecule has 1 aliphatic heterocycles. The van der Waals surface area contributed by atoms with Gasteiger partial charge in [0.05, 0.1) is 0 Å². The van der Waals surface area contributed by atoms with Gasteiger partial charge >= 0.3 is 29.6 Å². The van der Waals surface area contributed by atoms with Gasteiger partial charge < -0.3 is 12.1 Å². The van der Waals surface area contributed by atoms with Gasteiger partial charge in [0.25, 0.3) is 0 Å². The Morgan fingerprint density at radius 1 is 1.44 bits per heavy atom. The smallest absolute Gasteiger partial charge is 1.00 e. The maximum Gasteiger partial charge on any atom is 1.00 e. The summed E-state index contributed by atoms with van der Waals surface area (Å²) < 4.78 is 0. The summed E-state index contributed by atoms with van der Waals surface area (Å²) in [6, 6.07) is 0. The maximum absolute atomic E-state index is 12.1. The van der Waals surface area contributed by atoms with Crippen LogP contribution in [0, 0.1) is 11.3 Å². The number of amides is 2. The van der Waals surface area contributed by atoms with Crippen LogP contribution in [0.5, 0.6) is 0 Å². The van der Waals surface area contributed by atoms with Crippen molar-refractivity contribution in [3.8, 4) is 0 Å². The number of allylic oxidation sites excluding steroid dienone is 1. The molecular formula is C12H19N2NaO2S. The van der Waals surface area contributed by atoms with Gasteiger partial charge in [-0.1, -0.05) is 26.3 Å². The fourth-order valence-electron chi connectivity index (χ4n) is 2.30. The minimum Gasteiger partial charge on any atom is -1.00 e. The van der Waals surface area contributed by atoms with Gasteiger partial charge in [0.2, 0.25) is 11.8 Å². The monoisotopic (exact) mass is 278 g/mol. The van der Waals surface area contributed by atoms with Gasteiger partial charge in [-0.2, -0.15) is 0 Å². The quantitative estimate of drug-likeness (QED) is 0.282. The Balaban J connectivity index is 0. The summed E-state index contributed by atoms with van der Waals surface area (Å²) in [5, 5.41) is 5.16. The van der Waals surface area contributed by atoms with Crippen molar-refractivity contribution in [3.05, 3.63) is 12.7 Å². The number of hydrogen-bond donors (Lipinski definition) is 2. The number of carbonyl (C=O) groups excluding carboxylic acids is 2. The van der Waals surface area contributed by atoms with Crippen molar-refractivity contribution in [2.75, 3.05) is 0 Å². The molecular weight excluding hydrogens is 259 g/mol. The molecule has 18 heavy (non-hydrogen) atoms. The minimum atomic E-state index is -1.07. The molecule has 2 amide bonds. The summed E-state index contributed by atoms with van der Waals surface area (Å²) in [7, 11) is 0. The fraction of sp³-hybridized carbons (Fsp3) is 0.583. The molecule has 6 heteroatoms. The Morgan fingerprint density at radius 3 is 2.33 bits per heavy atom. The topological polar surface area (TPSA) is 58.2 Å². The third-order valence-corrected chi connectivity index (χ3v) is 3.50. The Hall–Kier alpha value is -0.230. The Bertz CT molecular complexity index is 357. The van der Waals surface area contributed by atoms with Crippen LogP contribution in [0.1, 0.15) is 34.5 Å². The molecule has 1 unspecified atom stereocenters. The summed E-state index contributed by atoms with van der Waals surface area (Å²) in [6.45, 7) is 7.58. The molecule has 0 aliphatic carbocycles. The number of rotatable bonds is 5. The van der Waals surface area contributed by atoms with Crippen molar-refractivity contribution in [2.45, 2.75) is 33.1 Å². The van der Waals surface area contributed by atoms with E-state index in [1.807, 2.05) is 13.8 Å². The number of carbonyl (C=O) groups is 2. The molecule has 1 aliphatic rings. The molecule has 1 heterocycles. The predicted octanol–water partition coefficient (Wildman–Crippen LogP) is -1.37. The van der Waals surface area contributed by atoms with E-state index in [1.165, 1.54) is 0 Å². The van der Waals surface area contributed by atoms with Crippen molar-refractivity contribution < 1.29 is 40.6 Å². The molecule has 4 nitrogen and oxygen atoms in total. The van der Waals surface area contributed by atoms with Gasteiger partial charge in [-0.05, 0) is 31.0 Å². The van der Waals surface area contributed by atoms with Crippen LogP contribution in [0.2, 0.25) is 0 Å². The maximum atomic E-state index is 12.1. The normalized spacial score (nSPS) is 19.3. The SMILES string of the molecule is C=CCC1(C(C)CCC)C(=O)NC(=S)NC1=O.[H-].[Na+]. The van der Waals surface area contributed by atoms with Crippen LogP contribution >= 0.6 is 12.2 Å². The second-order valence-electron chi connectivity index (χ2n) is 4.39. The van der Waals surface area contributed by atoms with E-state index in [0.29, 0.717) is 6.42 Å². The van der Waals surface area contributed by atoms with Gasteiger partial charge in [0.1, 0.15) is 5.41 Å². The van der Waals surface area contributed by atoms with Gasteiger partial charge in [0.15, 0.2) is 5.11 Å². The van der Waals surface area contributed by atoms with Crippen molar-refractivity contribution >= 4 is 29.1 Å². The molecule has 1 rings (SSSR count). The van der Waals surface area contributed by atoms with Crippen LogP contribution in [0.25, 0.3) is 0 Å². The molecule has 0 aromatic carbocycles. The predicted molar refractivity (Wildman–Crippen MR) is 71.3 cm³/mol. The first kappa shape index (κ1) is 17.8. The summed E-state index contributed by atoms with van der Waals surface area (Å²) in [5.41, 5.74) is -1.07. The Kier molecular flexibility index (Phi) is 7.29. The molecule has 0 bridgehead atoms. The molecule has 0 saturated carbocycles. The van der Waals surface area contributed by atoms with Gasteiger partial charge in [-0.15, -0.1) is 6.58 Å². The molecule has 96 valence electrons. The van der Waals surface area contributed by atoms with E-state index < -0.39 is 5.41 Å². The first-order valence-corrected chi connectivity index (χ1v) is 6.17. The summed E-state index contributed by atoms with van der Waals surface area (Å²) >= 11 is 4.81. The van der Waals surface area contributed by atoms with Crippen LogP contribution in [0.3, 0.4) is 0 Å². The first-order chi connectivity index (χ1) is 7.98. The van der Waals surface area contributed by atoms with E-state index >= 15 is 0 Å². The van der Waals surface area contributed by atoms with E-state index in [4.69, 9.17) is 12.2 Å². The van der Waals surface area contributed by atoms with Gasteiger partial charge in [-0.3, -0.25) is 9.59 Å². The van der Waals surface area contributed by atoms with Gasteiger partial charge in [-0.25, -0.2) is 0 Å². The standard InChI is InChI=1S/C12H18N2O2S.Na.H/c1-4-6-8(3)12(7-5-2)9(15)13-11(17)14-10(12)16;;/h5,8H,2,4,6-7H2,1,3H3,(H2,13,14,15,16,17);;/q;+1;-1. The zero-order valence-electron chi connectivity index (χ0n) is 12.2. The Morgan fingerprint density at radius 2 is 1.94 bits per heavy atom. The largest absolute Gasteiger partial charge is 1.00 e. The van der Waals surface area contributed by atoms with Crippen LogP contribution < -0.4 is 40.2 Å². The summed E-state index contributed by atoms with van der Waals surface area (Å²) in [5.74, 6) is -0.673.